The van der Waals surface area contributed by atoms with Crippen molar-refractivity contribution in [3.8, 4) is 0 Å². The van der Waals surface area contributed by atoms with Crippen LogP contribution in [0.25, 0.3) is 0 Å². The van der Waals surface area contributed by atoms with Crippen LogP contribution in [0.15, 0.2) is 27.1 Å². The van der Waals surface area contributed by atoms with Crippen LogP contribution < -0.4 is 0 Å². The van der Waals surface area contributed by atoms with Gasteiger partial charge in [0, 0.05) is 8.95 Å². The summed E-state index contributed by atoms with van der Waals surface area (Å²) in [5.41, 5.74) is 0.463. The van der Waals surface area contributed by atoms with Gasteiger partial charge in [-0.2, -0.15) is 0 Å². The minimum absolute atomic E-state index is 0.542. The van der Waals surface area contributed by atoms with E-state index in [1.165, 1.54) is 0 Å². The van der Waals surface area contributed by atoms with Crippen LogP contribution in [0.1, 0.15) is 18.4 Å². The molecule has 1 aromatic rings. The van der Waals surface area contributed by atoms with Gasteiger partial charge in [0.1, 0.15) is 0 Å². The van der Waals surface area contributed by atoms with Gasteiger partial charge in [-0.3, -0.25) is 0 Å². The Morgan fingerprint density at radius 1 is 1.25 bits per heavy atom. The smallest absolute Gasteiger partial charge is 0.0909 e. The van der Waals surface area contributed by atoms with E-state index in [1.54, 1.807) is 0 Å². The molecule has 2 rings (SSSR count). The van der Waals surface area contributed by atoms with E-state index in [4.69, 9.17) is 0 Å². The summed E-state index contributed by atoms with van der Waals surface area (Å²) in [5.74, 6) is 0. The van der Waals surface area contributed by atoms with E-state index in [1.807, 2.05) is 18.2 Å². The lowest BCUT2D eigenvalue weighted by molar-refractivity contribution is 0.150. The van der Waals surface area contributed by atoms with Gasteiger partial charge in [-0.1, -0.05) is 37.9 Å². The molecule has 1 aliphatic carbocycles. The Morgan fingerprint density at radius 2 is 1.92 bits per heavy atom. The Bertz CT molecular complexity index is 318. The van der Waals surface area contributed by atoms with Crippen molar-refractivity contribution in [3.63, 3.8) is 0 Å². The van der Waals surface area contributed by atoms with Gasteiger partial charge < -0.3 is 5.11 Å². The molecule has 3 heteroatoms. The fourth-order valence-electron chi connectivity index (χ4n) is 1.25. The van der Waals surface area contributed by atoms with Crippen molar-refractivity contribution in [2.24, 2.45) is 0 Å². The lowest BCUT2D eigenvalue weighted by atomic mass is 10.1. The zero-order valence-electron chi connectivity index (χ0n) is 6.35. The van der Waals surface area contributed by atoms with E-state index in [9.17, 15) is 5.11 Å². The molecular weight excluding hydrogens is 284 g/mol. The van der Waals surface area contributed by atoms with Crippen molar-refractivity contribution >= 4 is 31.9 Å². The molecule has 1 fully saturated rings. The first-order valence-electron chi connectivity index (χ1n) is 3.80. The summed E-state index contributed by atoms with van der Waals surface area (Å²) in [4.78, 5) is 0. The third-order valence-electron chi connectivity index (χ3n) is 2.16. The molecule has 1 N–H and O–H groups in total. The van der Waals surface area contributed by atoms with E-state index in [0.29, 0.717) is 0 Å². The quantitative estimate of drug-likeness (QED) is 0.842. The standard InChI is InChI=1S/C9H8Br2O/c10-6-1-2-7(8(11)5-6)9(12)3-4-9/h1-2,5,12H,3-4H2. The second kappa shape index (κ2) is 2.82. The molecule has 1 nitrogen and oxygen atoms in total. The molecular formula is C9H8Br2O. The maximum absolute atomic E-state index is 9.83. The number of halogens is 2. The highest BCUT2D eigenvalue weighted by Crippen LogP contribution is 2.48. The first kappa shape index (κ1) is 8.73. The lowest BCUT2D eigenvalue weighted by Crippen LogP contribution is -2.04. The van der Waals surface area contributed by atoms with E-state index in [0.717, 1.165) is 27.4 Å². The van der Waals surface area contributed by atoms with E-state index in [2.05, 4.69) is 31.9 Å². The van der Waals surface area contributed by atoms with Crippen LogP contribution >= 0.6 is 31.9 Å². The van der Waals surface area contributed by atoms with Crippen LogP contribution in [0.4, 0.5) is 0 Å². The van der Waals surface area contributed by atoms with Gasteiger partial charge in [-0.05, 0) is 30.5 Å². The molecule has 0 aromatic heterocycles. The second-order valence-electron chi connectivity index (χ2n) is 3.16. The van der Waals surface area contributed by atoms with Gasteiger partial charge >= 0.3 is 0 Å². The van der Waals surface area contributed by atoms with E-state index in [-0.39, 0.29) is 0 Å². The molecule has 0 radical (unpaired) electrons. The Hall–Kier alpha value is 0.140. The van der Waals surface area contributed by atoms with Gasteiger partial charge in [0.25, 0.3) is 0 Å². The highest BCUT2D eigenvalue weighted by atomic mass is 79.9. The molecule has 0 spiro atoms. The Kier molecular flexibility index (Phi) is 2.05. The Balaban J connectivity index is 2.45. The normalized spacial score (nSPS) is 19.2. The molecule has 1 saturated carbocycles. The summed E-state index contributed by atoms with van der Waals surface area (Å²) in [6.45, 7) is 0. The predicted octanol–water partition coefficient (Wildman–Crippen LogP) is 3.19. The molecule has 12 heavy (non-hydrogen) atoms. The summed E-state index contributed by atoms with van der Waals surface area (Å²) in [6.07, 6.45) is 1.76. The van der Waals surface area contributed by atoms with Crippen molar-refractivity contribution < 1.29 is 5.11 Å². The summed E-state index contributed by atoms with van der Waals surface area (Å²) < 4.78 is 2.01. The van der Waals surface area contributed by atoms with E-state index >= 15 is 0 Å². The largest absolute Gasteiger partial charge is 0.385 e. The van der Waals surface area contributed by atoms with Crippen LogP contribution in [0.2, 0.25) is 0 Å². The molecule has 0 heterocycles. The zero-order chi connectivity index (χ0) is 8.77. The molecule has 0 atom stereocenters. The number of aliphatic hydroxyl groups is 1. The van der Waals surface area contributed by atoms with Crippen LogP contribution in [0, 0.1) is 0 Å². The van der Waals surface area contributed by atoms with Gasteiger partial charge in [0.2, 0.25) is 0 Å². The first-order chi connectivity index (χ1) is 5.62. The fraction of sp³-hybridized carbons (Fsp3) is 0.333. The van der Waals surface area contributed by atoms with Gasteiger partial charge in [-0.25, -0.2) is 0 Å². The molecule has 0 amide bonds. The average Bonchev–Trinajstić information content (AvgIpc) is 2.68. The molecule has 0 bridgehead atoms. The number of hydrogen-bond acceptors (Lipinski definition) is 1. The topological polar surface area (TPSA) is 20.2 Å². The SMILES string of the molecule is OC1(c2ccc(Br)cc2Br)CC1. The molecule has 1 aliphatic rings. The Labute approximate surface area is 88.0 Å². The van der Waals surface area contributed by atoms with Crippen LogP contribution in [0.3, 0.4) is 0 Å². The average molecular weight is 292 g/mol. The van der Waals surface area contributed by atoms with Gasteiger partial charge in [0.05, 0.1) is 5.60 Å². The van der Waals surface area contributed by atoms with Crippen molar-refractivity contribution in [1.29, 1.82) is 0 Å². The summed E-state index contributed by atoms with van der Waals surface area (Å²) in [6, 6.07) is 5.88. The number of benzene rings is 1. The molecule has 0 saturated heterocycles. The fourth-order valence-corrected chi connectivity index (χ4v) is 2.67. The highest BCUT2D eigenvalue weighted by Gasteiger charge is 2.43. The minimum Gasteiger partial charge on any atom is -0.385 e. The van der Waals surface area contributed by atoms with Gasteiger partial charge in [-0.15, -0.1) is 0 Å². The van der Waals surface area contributed by atoms with E-state index < -0.39 is 5.60 Å². The van der Waals surface area contributed by atoms with Crippen LogP contribution in [-0.2, 0) is 5.60 Å². The lowest BCUT2D eigenvalue weighted by Gasteiger charge is -2.10. The van der Waals surface area contributed by atoms with Crippen molar-refractivity contribution in [3.05, 3.63) is 32.7 Å². The van der Waals surface area contributed by atoms with Gasteiger partial charge in [0.15, 0.2) is 0 Å². The monoisotopic (exact) mass is 290 g/mol. The zero-order valence-corrected chi connectivity index (χ0v) is 9.52. The summed E-state index contributed by atoms with van der Waals surface area (Å²) in [5, 5.41) is 9.83. The van der Waals surface area contributed by atoms with Crippen molar-refractivity contribution in [2.45, 2.75) is 18.4 Å². The third-order valence-corrected chi connectivity index (χ3v) is 3.31. The third kappa shape index (κ3) is 1.45. The van der Waals surface area contributed by atoms with Crippen LogP contribution in [0.5, 0.6) is 0 Å². The molecule has 64 valence electrons. The number of hydrogen-bond donors (Lipinski definition) is 1. The molecule has 1 aromatic carbocycles. The maximum Gasteiger partial charge on any atom is 0.0909 e. The highest BCUT2D eigenvalue weighted by molar-refractivity contribution is 9.11. The predicted molar refractivity (Wildman–Crippen MR) is 55.0 cm³/mol. The summed E-state index contributed by atoms with van der Waals surface area (Å²) in [7, 11) is 0. The first-order valence-corrected chi connectivity index (χ1v) is 5.38. The maximum atomic E-state index is 9.83. The Morgan fingerprint density at radius 3 is 2.42 bits per heavy atom. The van der Waals surface area contributed by atoms with Crippen molar-refractivity contribution in [1.82, 2.24) is 0 Å². The van der Waals surface area contributed by atoms with Crippen LogP contribution in [-0.4, -0.2) is 5.11 Å². The number of rotatable bonds is 1. The summed E-state index contributed by atoms with van der Waals surface area (Å²) >= 11 is 6.80. The molecule has 0 aliphatic heterocycles. The minimum atomic E-state index is -0.542. The molecule has 0 unspecified atom stereocenters. The van der Waals surface area contributed by atoms with Crippen molar-refractivity contribution in [2.75, 3.05) is 0 Å². The second-order valence-corrected chi connectivity index (χ2v) is 4.93.